The number of anilines is 2. The predicted molar refractivity (Wildman–Crippen MR) is 81.4 cm³/mol. The minimum atomic E-state index is -0.384. The number of nitrogens with one attached hydrogen (secondary N) is 2. The second kappa shape index (κ2) is 6.05. The Balaban J connectivity index is 2.25. The summed E-state index contributed by atoms with van der Waals surface area (Å²) in [7, 11) is 0. The first-order valence-electron chi connectivity index (χ1n) is 6.58. The van der Waals surface area contributed by atoms with Crippen molar-refractivity contribution < 1.29 is 4.79 Å². The molecule has 108 valence electrons. The first kappa shape index (κ1) is 14.5. The summed E-state index contributed by atoms with van der Waals surface area (Å²) in [6.07, 6.45) is 1.17. The Morgan fingerprint density at radius 3 is 2.95 bits per heavy atom. The summed E-state index contributed by atoms with van der Waals surface area (Å²) in [5, 5.41) is 19.7. The van der Waals surface area contributed by atoms with E-state index in [1.165, 1.54) is 0 Å². The lowest BCUT2D eigenvalue weighted by Crippen LogP contribution is -2.34. The summed E-state index contributed by atoms with van der Waals surface area (Å²) >= 11 is 0. The van der Waals surface area contributed by atoms with Crippen LogP contribution in [0.15, 0.2) is 23.3 Å². The number of fused-ring (bicyclic) bond motifs is 1. The standard InChI is InChI=1S/C14H16N6O/c1-2-20-12-5-4-10(7-9(12)3-6-13(20)21)18-19-11(8-15)14(16)17/h4-5,7,18H,2-3,6H2,1H3,(H3,16,17)/b19-11+. The normalized spacial score (nSPS) is 14.4. The van der Waals surface area contributed by atoms with Crippen molar-refractivity contribution in [2.75, 3.05) is 16.9 Å². The van der Waals surface area contributed by atoms with Gasteiger partial charge in [-0.1, -0.05) is 0 Å². The molecule has 0 saturated heterocycles. The molecule has 0 aromatic heterocycles. The van der Waals surface area contributed by atoms with Crippen molar-refractivity contribution >= 4 is 28.8 Å². The summed E-state index contributed by atoms with van der Waals surface area (Å²) < 4.78 is 0. The van der Waals surface area contributed by atoms with Gasteiger partial charge in [0.2, 0.25) is 11.6 Å². The van der Waals surface area contributed by atoms with Crippen LogP contribution in [0.1, 0.15) is 18.9 Å². The predicted octanol–water partition coefficient (Wildman–Crippen LogP) is 1.21. The highest BCUT2D eigenvalue weighted by Gasteiger charge is 2.22. The van der Waals surface area contributed by atoms with E-state index in [-0.39, 0.29) is 17.5 Å². The van der Waals surface area contributed by atoms with E-state index in [9.17, 15) is 4.79 Å². The zero-order valence-electron chi connectivity index (χ0n) is 11.7. The van der Waals surface area contributed by atoms with E-state index in [2.05, 4.69) is 10.5 Å². The molecule has 0 fully saturated rings. The highest BCUT2D eigenvalue weighted by Crippen LogP contribution is 2.30. The average molecular weight is 284 g/mol. The van der Waals surface area contributed by atoms with Gasteiger partial charge in [-0.15, -0.1) is 0 Å². The van der Waals surface area contributed by atoms with Crippen molar-refractivity contribution in [1.82, 2.24) is 0 Å². The Bertz CT molecular complexity index is 658. The van der Waals surface area contributed by atoms with Crippen molar-refractivity contribution in [3.8, 4) is 6.07 Å². The third-order valence-electron chi connectivity index (χ3n) is 3.25. The van der Waals surface area contributed by atoms with Gasteiger partial charge in [0.05, 0.1) is 5.69 Å². The van der Waals surface area contributed by atoms with Crippen LogP contribution in [0, 0.1) is 16.7 Å². The molecule has 0 atom stereocenters. The minimum Gasteiger partial charge on any atom is -0.382 e. The molecule has 21 heavy (non-hydrogen) atoms. The number of nitriles is 1. The largest absolute Gasteiger partial charge is 0.382 e. The number of amidine groups is 1. The van der Waals surface area contributed by atoms with Gasteiger partial charge < -0.3 is 10.6 Å². The van der Waals surface area contributed by atoms with Crippen LogP contribution < -0.4 is 16.1 Å². The zero-order valence-corrected chi connectivity index (χ0v) is 11.7. The van der Waals surface area contributed by atoms with E-state index in [0.717, 1.165) is 11.3 Å². The Morgan fingerprint density at radius 2 is 2.33 bits per heavy atom. The molecular weight excluding hydrogens is 268 g/mol. The van der Waals surface area contributed by atoms with Crippen LogP contribution in [0.2, 0.25) is 0 Å². The number of hydrogen-bond donors (Lipinski definition) is 3. The van der Waals surface area contributed by atoms with E-state index in [0.29, 0.717) is 25.1 Å². The van der Waals surface area contributed by atoms with E-state index in [4.69, 9.17) is 16.4 Å². The lowest BCUT2D eigenvalue weighted by molar-refractivity contribution is -0.118. The molecule has 0 bridgehead atoms. The molecule has 1 aliphatic rings. The van der Waals surface area contributed by atoms with Crippen molar-refractivity contribution in [3.63, 3.8) is 0 Å². The van der Waals surface area contributed by atoms with E-state index in [1.54, 1.807) is 17.0 Å². The number of rotatable bonds is 4. The second-order valence-electron chi connectivity index (χ2n) is 4.58. The molecule has 4 N–H and O–H groups in total. The van der Waals surface area contributed by atoms with Crippen LogP contribution in [-0.2, 0) is 11.2 Å². The zero-order chi connectivity index (χ0) is 15.4. The van der Waals surface area contributed by atoms with Crippen LogP contribution in [0.4, 0.5) is 11.4 Å². The molecule has 1 aromatic rings. The first-order chi connectivity index (χ1) is 10.1. The third-order valence-corrected chi connectivity index (χ3v) is 3.25. The fraction of sp³-hybridized carbons (Fsp3) is 0.286. The minimum absolute atomic E-state index is 0.132. The molecule has 1 amide bonds. The smallest absolute Gasteiger partial charge is 0.227 e. The van der Waals surface area contributed by atoms with Crippen LogP contribution in [0.5, 0.6) is 0 Å². The highest BCUT2D eigenvalue weighted by atomic mass is 16.2. The molecule has 2 rings (SSSR count). The Kier molecular flexibility index (Phi) is 4.18. The molecule has 0 radical (unpaired) electrons. The van der Waals surface area contributed by atoms with E-state index < -0.39 is 0 Å². The molecule has 0 spiro atoms. The van der Waals surface area contributed by atoms with Crippen molar-refractivity contribution in [1.29, 1.82) is 10.7 Å². The van der Waals surface area contributed by atoms with Gasteiger partial charge in [-0.3, -0.25) is 15.6 Å². The summed E-state index contributed by atoms with van der Waals surface area (Å²) in [6.45, 7) is 2.58. The Labute approximate surface area is 122 Å². The Hall–Kier alpha value is -2.88. The maximum atomic E-state index is 11.8. The van der Waals surface area contributed by atoms with Crippen LogP contribution >= 0.6 is 0 Å². The van der Waals surface area contributed by atoms with Gasteiger partial charge in [0.25, 0.3) is 0 Å². The summed E-state index contributed by atoms with van der Waals surface area (Å²) in [5.74, 6) is -0.252. The maximum absolute atomic E-state index is 11.8. The van der Waals surface area contributed by atoms with Gasteiger partial charge in [-0.25, -0.2) is 0 Å². The fourth-order valence-corrected chi connectivity index (χ4v) is 2.24. The molecule has 0 saturated carbocycles. The molecular formula is C14H16N6O. The number of benzene rings is 1. The van der Waals surface area contributed by atoms with Gasteiger partial charge in [0.15, 0.2) is 5.84 Å². The number of nitrogens with zero attached hydrogens (tertiary/aromatic N) is 3. The Morgan fingerprint density at radius 1 is 1.57 bits per heavy atom. The van der Waals surface area contributed by atoms with Gasteiger partial charge in [0.1, 0.15) is 6.07 Å². The first-order valence-corrected chi connectivity index (χ1v) is 6.58. The SMILES string of the molecule is CCN1C(=O)CCc2cc(N/N=C(\C#N)C(=N)N)ccc21. The van der Waals surface area contributed by atoms with E-state index in [1.807, 2.05) is 19.1 Å². The van der Waals surface area contributed by atoms with Crippen molar-refractivity contribution in [2.45, 2.75) is 19.8 Å². The van der Waals surface area contributed by atoms with Crippen LogP contribution in [0.25, 0.3) is 0 Å². The van der Waals surface area contributed by atoms with Crippen molar-refractivity contribution in [3.05, 3.63) is 23.8 Å². The third kappa shape index (κ3) is 3.00. The van der Waals surface area contributed by atoms with Crippen molar-refractivity contribution in [2.24, 2.45) is 10.8 Å². The van der Waals surface area contributed by atoms with Gasteiger partial charge in [0, 0.05) is 18.7 Å². The number of aryl methyl sites for hydroxylation is 1. The maximum Gasteiger partial charge on any atom is 0.227 e. The number of carbonyl (C=O) groups excluding carboxylic acids is 1. The molecule has 0 unspecified atom stereocenters. The van der Waals surface area contributed by atoms with Gasteiger partial charge in [-0.05, 0) is 37.1 Å². The lowest BCUT2D eigenvalue weighted by atomic mass is 10.0. The van der Waals surface area contributed by atoms with E-state index >= 15 is 0 Å². The number of hydrogen-bond acceptors (Lipinski definition) is 5. The molecule has 1 heterocycles. The van der Waals surface area contributed by atoms with Gasteiger partial charge in [-0.2, -0.15) is 10.4 Å². The molecule has 1 aliphatic heterocycles. The number of carbonyl (C=O) groups is 1. The summed E-state index contributed by atoms with van der Waals surface area (Å²) in [6, 6.07) is 7.26. The topological polar surface area (TPSA) is 118 Å². The molecule has 7 nitrogen and oxygen atoms in total. The molecule has 0 aliphatic carbocycles. The molecule has 7 heteroatoms. The number of hydrazone groups is 1. The number of nitrogens with two attached hydrogens (primary N) is 1. The second-order valence-corrected chi connectivity index (χ2v) is 4.58. The quantitative estimate of drug-likeness (QED) is 0.437. The fourth-order valence-electron chi connectivity index (χ4n) is 2.24. The molecule has 1 aromatic carbocycles. The number of amides is 1. The van der Waals surface area contributed by atoms with Crippen LogP contribution in [0.3, 0.4) is 0 Å². The summed E-state index contributed by atoms with van der Waals surface area (Å²) in [4.78, 5) is 13.6. The lowest BCUT2D eigenvalue weighted by Gasteiger charge is -2.28. The summed E-state index contributed by atoms with van der Waals surface area (Å²) in [5.41, 5.74) is 10.4. The highest BCUT2D eigenvalue weighted by molar-refractivity contribution is 6.45. The van der Waals surface area contributed by atoms with Crippen LogP contribution in [-0.4, -0.2) is 24.0 Å². The monoisotopic (exact) mass is 284 g/mol. The average Bonchev–Trinajstić information content (AvgIpc) is 2.47. The van der Waals surface area contributed by atoms with Gasteiger partial charge >= 0.3 is 0 Å².